The van der Waals surface area contributed by atoms with E-state index in [4.69, 9.17) is 4.74 Å². The molecule has 7 nitrogen and oxygen atoms in total. The van der Waals surface area contributed by atoms with E-state index in [1.54, 1.807) is 27.7 Å². The number of carbonyl (C=O) groups excluding carboxylic acids is 1. The van der Waals surface area contributed by atoms with Gasteiger partial charge in [0.25, 0.3) is 0 Å². The maximum Gasteiger partial charge on any atom is 0.407 e. The van der Waals surface area contributed by atoms with Gasteiger partial charge in [0.05, 0.1) is 10.6 Å². The molecule has 0 aromatic heterocycles. The van der Waals surface area contributed by atoms with Gasteiger partial charge in [-0.2, -0.15) is 4.39 Å². The molecule has 1 aromatic carbocycles. The molecular weight excluding hydrogens is 312 g/mol. The maximum atomic E-state index is 13.6. The zero-order chi connectivity index (χ0) is 17.8. The van der Waals surface area contributed by atoms with Crippen molar-refractivity contribution in [2.75, 3.05) is 11.9 Å². The minimum atomic E-state index is -1.25. The third-order valence-electron chi connectivity index (χ3n) is 2.59. The molecule has 1 atom stereocenters. The van der Waals surface area contributed by atoms with Gasteiger partial charge in [-0.25, -0.2) is 9.18 Å². The highest BCUT2D eigenvalue weighted by atomic mass is 19.1. The van der Waals surface area contributed by atoms with Crippen molar-refractivity contribution in [2.45, 2.75) is 39.3 Å². The average molecular weight is 331 g/mol. The van der Waals surface area contributed by atoms with Crippen molar-refractivity contribution < 1.29 is 23.2 Å². The zero-order valence-electron chi connectivity index (χ0n) is 13.3. The molecule has 0 saturated heterocycles. The number of hydrogen-bond donors (Lipinski definition) is 2. The normalized spacial score (nSPS) is 12.4. The third-order valence-corrected chi connectivity index (χ3v) is 2.59. The summed E-state index contributed by atoms with van der Waals surface area (Å²) in [5, 5.41) is 15.8. The Labute approximate surface area is 132 Å². The Morgan fingerprint density at radius 2 is 1.96 bits per heavy atom. The number of alkyl carbamates (subject to hydrolysis) is 1. The molecule has 0 saturated carbocycles. The van der Waals surface area contributed by atoms with E-state index < -0.39 is 40.0 Å². The molecule has 23 heavy (non-hydrogen) atoms. The van der Waals surface area contributed by atoms with Gasteiger partial charge in [0.15, 0.2) is 0 Å². The Kier molecular flexibility index (Phi) is 5.83. The summed E-state index contributed by atoms with van der Waals surface area (Å²) in [6.45, 7) is 6.83. The van der Waals surface area contributed by atoms with Crippen LogP contribution in [0.3, 0.4) is 0 Å². The maximum absolute atomic E-state index is 13.6. The molecule has 1 rings (SSSR count). The summed E-state index contributed by atoms with van der Waals surface area (Å²) in [5.41, 5.74) is -1.71. The molecular formula is C14H19F2N3O4. The summed E-state index contributed by atoms with van der Waals surface area (Å²) in [6.07, 6.45) is -0.642. The van der Waals surface area contributed by atoms with Crippen LogP contribution >= 0.6 is 0 Å². The fourth-order valence-electron chi connectivity index (χ4n) is 1.66. The van der Waals surface area contributed by atoms with Crippen LogP contribution in [0.25, 0.3) is 0 Å². The van der Waals surface area contributed by atoms with Crippen LogP contribution in [0.1, 0.15) is 27.7 Å². The van der Waals surface area contributed by atoms with E-state index in [1.807, 2.05) is 0 Å². The number of carbonyl (C=O) groups is 1. The Morgan fingerprint density at radius 3 is 2.48 bits per heavy atom. The Bertz CT molecular complexity index is 602. The summed E-state index contributed by atoms with van der Waals surface area (Å²) < 4.78 is 31.9. The van der Waals surface area contributed by atoms with E-state index in [2.05, 4.69) is 10.6 Å². The Hall–Kier alpha value is -2.45. The minimum absolute atomic E-state index is 0.0829. The number of rotatable bonds is 5. The number of nitro benzene ring substituents is 1. The SMILES string of the molecule is CC(CNC(=O)OC(C)(C)C)Nc1cc([N+](=O)[O-])c(F)cc1F. The first-order valence-electron chi connectivity index (χ1n) is 6.86. The van der Waals surface area contributed by atoms with E-state index >= 15 is 0 Å². The second-order valence-corrected chi connectivity index (χ2v) is 5.97. The van der Waals surface area contributed by atoms with Gasteiger partial charge in [0.2, 0.25) is 5.82 Å². The number of amides is 1. The van der Waals surface area contributed by atoms with Crippen LogP contribution in [0.2, 0.25) is 0 Å². The summed E-state index contributed by atoms with van der Waals surface area (Å²) in [6, 6.07) is 0.741. The van der Waals surface area contributed by atoms with Crippen LogP contribution in [0.4, 0.5) is 25.0 Å². The average Bonchev–Trinajstić information content (AvgIpc) is 2.37. The van der Waals surface area contributed by atoms with Crippen molar-refractivity contribution in [2.24, 2.45) is 0 Å². The number of nitrogens with zero attached hydrogens (tertiary/aromatic N) is 1. The number of nitrogens with one attached hydrogen (secondary N) is 2. The molecule has 1 amide bonds. The van der Waals surface area contributed by atoms with E-state index in [0.29, 0.717) is 6.07 Å². The lowest BCUT2D eigenvalue weighted by Gasteiger charge is -2.21. The van der Waals surface area contributed by atoms with Gasteiger partial charge < -0.3 is 15.4 Å². The first-order valence-corrected chi connectivity index (χ1v) is 6.86. The lowest BCUT2D eigenvalue weighted by molar-refractivity contribution is -0.387. The highest BCUT2D eigenvalue weighted by molar-refractivity contribution is 5.67. The van der Waals surface area contributed by atoms with Gasteiger partial charge >= 0.3 is 11.8 Å². The van der Waals surface area contributed by atoms with Crippen molar-refractivity contribution in [1.82, 2.24) is 5.32 Å². The smallest absolute Gasteiger partial charge is 0.407 e. The second-order valence-electron chi connectivity index (χ2n) is 5.97. The molecule has 0 spiro atoms. The third kappa shape index (κ3) is 6.05. The quantitative estimate of drug-likeness (QED) is 0.638. The minimum Gasteiger partial charge on any atom is -0.444 e. The summed E-state index contributed by atoms with van der Waals surface area (Å²) in [5.74, 6) is -2.21. The largest absolute Gasteiger partial charge is 0.444 e. The molecule has 0 aliphatic heterocycles. The highest BCUT2D eigenvalue weighted by Crippen LogP contribution is 2.25. The fraction of sp³-hybridized carbons (Fsp3) is 0.500. The van der Waals surface area contributed by atoms with Gasteiger partial charge in [-0.15, -0.1) is 0 Å². The molecule has 2 N–H and O–H groups in total. The first kappa shape index (κ1) is 18.6. The molecule has 0 bridgehead atoms. The number of halogens is 2. The summed E-state index contributed by atoms with van der Waals surface area (Å²) in [7, 11) is 0. The topological polar surface area (TPSA) is 93.5 Å². The predicted octanol–water partition coefficient (Wildman–Crippen LogP) is 3.20. The van der Waals surface area contributed by atoms with E-state index in [0.717, 1.165) is 6.07 Å². The molecule has 1 aromatic rings. The van der Waals surface area contributed by atoms with Gasteiger partial charge in [-0.05, 0) is 27.7 Å². The number of benzene rings is 1. The Morgan fingerprint density at radius 1 is 1.35 bits per heavy atom. The van der Waals surface area contributed by atoms with E-state index in [9.17, 15) is 23.7 Å². The lowest BCUT2D eigenvalue weighted by atomic mass is 10.2. The first-order chi connectivity index (χ1) is 10.5. The van der Waals surface area contributed by atoms with Gasteiger partial charge in [0.1, 0.15) is 11.4 Å². The monoisotopic (exact) mass is 331 g/mol. The number of hydrogen-bond acceptors (Lipinski definition) is 5. The van der Waals surface area contributed by atoms with Gasteiger partial charge in [-0.1, -0.05) is 0 Å². The number of ether oxygens (including phenoxy) is 1. The highest BCUT2D eigenvalue weighted by Gasteiger charge is 2.20. The zero-order valence-corrected chi connectivity index (χ0v) is 13.3. The van der Waals surface area contributed by atoms with Crippen molar-refractivity contribution >= 4 is 17.5 Å². The van der Waals surface area contributed by atoms with Crippen LogP contribution < -0.4 is 10.6 Å². The molecule has 0 heterocycles. The molecule has 9 heteroatoms. The standard InChI is InChI=1S/C14H19F2N3O4/c1-8(7-17-13(20)23-14(2,3)4)18-11-6-12(19(21)22)10(16)5-9(11)15/h5-6,8,18H,7H2,1-4H3,(H,17,20). The number of nitro groups is 1. The van der Waals surface area contributed by atoms with Crippen molar-refractivity contribution in [1.29, 1.82) is 0 Å². The summed E-state index contributed by atoms with van der Waals surface area (Å²) >= 11 is 0. The van der Waals surface area contributed by atoms with Crippen molar-refractivity contribution in [3.63, 3.8) is 0 Å². The molecule has 128 valence electrons. The van der Waals surface area contributed by atoms with Crippen LogP contribution in [0.5, 0.6) is 0 Å². The fourth-order valence-corrected chi connectivity index (χ4v) is 1.66. The Balaban J connectivity index is 2.67. The molecule has 0 radical (unpaired) electrons. The van der Waals surface area contributed by atoms with E-state index in [-0.39, 0.29) is 12.2 Å². The molecule has 0 fully saturated rings. The lowest BCUT2D eigenvalue weighted by Crippen LogP contribution is -2.38. The van der Waals surface area contributed by atoms with Crippen molar-refractivity contribution in [3.8, 4) is 0 Å². The van der Waals surface area contributed by atoms with Crippen LogP contribution in [-0.4, -0.2) is 29.2 Å². The summed E-state index contributed by atoms with van der Waals surface area (Å²) in [4.78, 5) is 21.2. The van der Waals surface area contributed by atoms with Crippen LogP contribution in [0.15, 0.2) is 12.1 Å². The molecule has 1 unspecified atom stereocenters. The molecule has 0 aliphatic carbocycles. The van der Waals surface area contributed by atoms with E-state index in [1.165, 1.54) is 0 Å². The van der Waals surface area contributed by atoms with Gasteiger partial charge in [0, 0.05) is 24.7 Å². The number of anilines is 1. The molecule has 0 aliphatic rings. The van der Waals surface area contributed by atoms with Crippen molar-refractivity contribution in [3.05, 3.63) is 33.9 Å². The van der Waals surface area contributed by atoms with Crippen LogP contribution in [-0.2, 0) is 4.74 Å². The van der Waals surface area contributed by atoms with Crippen LogP contribution in [0, 0.1) is 21.7 Å². The second kappa shape index (κ2) is 7.21. The predicted molar refractivity (Wildman–Crippen MR) is 80.3 cm³/mol. The van der Waals surface area contributed by atoms with Gasteiger partial charge in [-0.3, -0.25) is 10.1 Å².